The minimum absolute atomic E-state index is 0.149. The van der Waals surface area contributed by atoms with Gasteiger partial charge in [0.25, 0.3) is 5.91 Å². The SMILES string of the molecule is COc1ccc2nc(N(CCN(C)C)C(=O)c3ccccc3Oc3ccccc3)sc2c1. The van der Waals surface area contributed by atoms with Crippen molar-refractivity contribution in [2.75, 3.05) is 39.2 Å². The number of anilines is 1. The van der Waals surface area contributed by atoms with E-state index in [1.54, 1.807) is 18.1 Å². The lowest BCUT2D eigenvalue weighted by Crippen LogP contribution is -2.36. The molecule has 3 aromatic carbocycles. The summed E-state index contributed by atoms with van der Waals surface area (Å²) in [5.41, 5.74) is 1.33. The molecule has 0 unspecified atom stereocenters. The molecule has 0 N–H and O–H groups in total. The van der Waals surface area contributed by atoms with Crippen LogP contribution < -0.4 is 14.4 Å². The van der Waals surface area contributed by atoms with E-state index in [1.807, 2.05) is 85.7 Å². The summed E-state index contributed by atoms with van der Waals surface area (Å²) in [7, 11) is 5.61. The van der Waals surface area contributed by atoms with Gasteiger partial charge in [0.15, 0.2) is 5.13 Å². The van der Waals surface area contributed by atoms with E-state index in [9.17, 15) is 4.79 Å². The molecule has 0 saturated heterocycles. The second-order valence-corrected chi connectivity index (χ2v) is 8.51. The Bertz CT molecular complexity index is 1210. The van der Waals surface area contributed by atoms with Crippen molar-refractivity contribution in [2.24, 2.45) is 0 Å². The van der Waals surface area contributed by atoms with Crippen LogP contribution in [-0.2, 0) is 0 Å². The molecule has 32 heavy (non-hydrogen) atoms. The number of aromatic nitrogens is 1. The van der Waals surface area contributed by atoms with Gasteiger partial charge < -0.3 is 14.4 Å². The number of fused-ring (bicyclic) bond motifs is 1. The molecule has 1 amide bonds. The predicted molar refractivity (Wildman–Crippen MR) is 129 cm³/mol. The molecule has 0 radical (unpaired) electrons. The minimum atomic E-state index is -0.149. The number of rotatable bonds is 8. The van der Waals surface area contributed by atoms with Crippen LogP contribution in [0.2, 0.25) is 0 Å². The van der Waals surface area contributed by atoms with Gasteiger partial charge in [-0.25, -0.2) is 4.98 Å². The van der Waals surface area contributed by atoms with Gasteiger partial charge in [0.05, 0.1) is 22.9 Å². The standard InChI is InChI=1S/C25H25N3O3S/c1-27(2)15-16-28(25-26-21-14-13-19(30-3)17-23(21)32-25)24(29)20-11-7-8-12-22(20)31-18-9-5-4-6-10-18/h4-14,17H,15-16H2,1-3H3. The Morgan fingerprint density at radius 1 is 0.938 bits per heavy atom. The van der Waals surface area contributed by atoms with Crippen LogP contribution in [0.25, 0.3) is 10.2 Å². The van der Waals surface area contributed by atoms with Gasteiger partial charge in [0.2, 0.25) is 0 Å². The van der Waals surface area contributed by atoms with Gasteiger partial charge >= 0.3 is 0 Å². The maximum atomic E-state index is 13.7. The number of carbonyl (C=O) groups is 1. The summed E-state index contributed by atoms with van der Waals surface area (Å²) in [6, 6.07) is 22.5. The van der Waals surface area contributed by atoms with Crippen molar-refractivity contribution in [1.29, 1.82) is 0 Å². The van der Waals surface area contributed by atoms with Crippen molar-refractivity contribution in [3.8, 4) is 17.2 Å². The second kappa shape index (κ2) is 9.80. The fraction of sp³-hybridized carbons (Fsp3) is 0.200. The van der Waals surface area contributed by atoms with E-state index in [4.69, 9.17) is 14.5 Å². The van der Waals surface area contributed by atoms with Crippen molar-refractivity contribution in [1.82, 2.24) is 9.88 Å². The van der Waals surface area contributed by atoms with Crippen molar-refractivity contribution in [3.63, 3.8) is 0 Å². The average molecular weight is 448 g/mol. The van der Waals surface area contributed by atoms with Gasteiger partial charge in [0.1, 0.15) is 17.2 Å². The summed E-state index contributed by atoms with van der Waals surface area (Å²) in [4.78, 5) is 22.2. The third-order valence-electron chi connectivity index (χ3n) is 4.92. The van der Waals surface area contributed by atoms with Gasteiger partial charge in [-0.3, -0.25) is 9.69 Å². The Kier molecular flexibility index (Phi) is 6.68. The largest absolute Gasteiger partial charge is 0.497 e. The summed E-state index contributed by atoms with van der Waals surface area (Å²) < 4.78 is 12.3. The normalized spacial score (nSPS) is 11.0. The first-order valence-corrected chi connectivity index (χ1v) is 11.1. The zero-order valence-electron chi connectivity index (χ0n) is 18.3. The number of hydrogen-bond donors (Lipinski definition) is 0. The first kappa shape index (κ1) is 21.8. The van der Waals surface area contributed by atoms with Crippen molar-refractivity contribution >= 4 is 32.6 Å². The van der Waals surface area contributed by atoms with E-state index in [1.165, 1.54) is 11.3 Å². The number of methoxy groups -OCH3 is 1. The molecule has 6 nitrogen and oxygen atoms in total. The number of thiazole rings is 1. The van der Waals surface area contributed by atoms with Crippen LogP contribution in [0.3, 0.4) is 0 Å². The van der Waals surface area contributed by atoms with Gasteiger partial charge in [-0.1, -0.05) is 41.7 Å². The molecule has 0 bridgehead atoms. The zero-order valence-corrected chi connectivity index (χ0v) is 19.1. The number of carbonyl (C=O) groups excluding carboxylic acids is 1. The van der Waals surface area contributed by atoms with Crippen LogP contribution in [0.5, 0.6) is 17.2 Å². The van der Waals surface area contributed by atoms with Crippen LogP contribution in [0, 0.1) is 0 Å². The molecule has 0 aliphatic carbocycles. The highest BCUT2D eigenvalue weighted by Gasteiger charge is 2.24. The maximum absolute atomic E-state index is 13.7. The molecule has 0 spiro atoms. The first-order chi connectivity index (χ1) is 15.5. The number of ether oxygens (including phenoxy) is 2. The molecule has 4 rings (SSSR count). The highest BCUT2D eigenvalue weighted by Crippen LogP contribution is 2.33. The predicted octanol–water partition coefficient (Wildman–Crippen LogP) is 5.31. The molecule has 0 atom stereocenters. The van der Waals surface area contributed by atoms with E-state index in [-0.39, 0.29) is 5.91 Å². The Hall–Kier alpha value is -3.42. The van der Waals surface area contributed by atoms with E-state index >= 15 is 0 Å². The minimum Gasteiger partial charge on any atom is -0.497 e. The van der Waals surface area contributed by atoms with Crippen LogP contribution in [0.1, 0.15) is 10.4 Å². The maximum Gasteiger partial charge on any atom is 0.263 e. The average Bonchev–Trinajstić information content (AvgIpc) is 3.22. The van der Waals surface area contributed by atoms with E-state index < -0.39 is 0 Å². The number of likely N-dealkylation sites (N-methyl/N-ethyl adjacent to an activating group) is 1. The molecule has 1 heterocycles. The van der Waals surface area contributed by atoms with Crippen LogP contribution in [-0.4, -0.2) is 50.1 Å². The lowest BCUT2D eigenvalue weighted by atomic mass is 10.1. The second-order valence-electron chi connectivity index (χ2n) is 7.50. The van der Waals surface area contributed by atoms with Crippen LogP contribution >= 0.6 is 11.3 Å². The highest BCUT2D eigenvalue weighted by molar-refractivity contribution is 7.22. The van der Waals surface area contributed by atoms with Gasteiger partial charge in [-0.05, 0) is 56.6 Å². The molecule has 0 aliphatic rings. The van der Waals surface area contributed by atoms with E-state index in [0.717, 1.165) is 16.0 Å². The lowest BCUT2D eigenvalue weighted by Gasteiger charge is -2.23. The Labute approximate surface area is 191 Å². The molecule has 4 aromatic rings. The Morgan fingerprint density at radius 2 is 1.69 bits per heavy atom. The van der Waals surface area contributed by atoms with Crippen molar-refractivity contribution < 1.29 is 14.3 Å². The van der Waals surface area contributed by atoms with Gasteiger partial charge in [0, 0.05) is 13.1 Å². The van der Waals surface area contributed by atoms with Crippen molar-refractivity contribution in [3.05, 3.63) is 78.4 Å². The molecule has 0 saturated carbocycles. The topological polar surface area (TPSA) is 54.9 Å². The molecule has 7 heteroatoms. The van der Waals surface area contributed by atoms with Crippen LogP contribution in [0.15, 0.2) is 72.8 Å². The fourth-order valence-corrected chi connectivity index (χ4v) is 4.23. The fourth-order valence-electron chi connectivity index (χ4n) is 3.21. The van der Waals surface area contributed by atoms with E-state index in [0.29, 0.717) is 35.3 Å². The molecule has 164 valence electrons. The number of hydrogen-bond acceptors (Lipinski definition) is 6. The lowest BCUT2D eigenvalue weighted by molar-refractivity contribution is 0.0983. The zero-order chi connectivity index (χ0) is 22.5. The van der Waals surface area contributed by atoms with Gasteiger partial charge in [-0.15, -0.1) is 0 Å². The molecular formula is C25H25N3O3S. The summed E-state index contributed by atoms with van der Waals surface area (Å²) in [5, 5.41) is 0.648. The van der Waals surface area contributed by atoms with Gasteiger partial charge in [-0.2, -0.15) is 0 Å². The molecule has 0 aliphatic heterocycles. The first-order valence-electron chi connectivity index (χ1n) is 10.3. The third-order valence-corrected chi connectivity index (χ3v) is 5.96. The molecule has 0 fully saturated rings. The molecular weight excluding hydrogens is 422 g/mol. The molecule has 1 aromatic heterocycles. The quantitative estimate of drug-likeness (QED) is 0.367. The summed E-state index contributed by atoms with van der Waals surface area (Å²) >= 11 is 1.47. The summed E-state index contributed by atoms with van der Waals surface area (Å²) in [5.74, 6) is 1.81. The third kappa shape index (κ3) is 4.90. The van der Waals surface area contributed by atoms with E-state index in [2.05, 4.69) is 0 Å². The highest BCUT2D eigenvalue weighted by atomic mass is 32.1. The van der Waals surface area contributed by atoms with Crippen molar-refractivity contribution in [2.45, 2.75) is 0 Å². The summed E-state index contributed by atoms with van der Waals surface area (Å²) in [6.45, 7) is 1.20. The smallest absolute Gasteiger partial charge is 0.263 e. The number of benzene rings is 3. The number of para-hydroxylation sites is 2. The van der Waals surface area contributed by atoms with Crippen LogP contribution in [0.4, 0.5) is 5.13 Å². The number of amides is 1. The Morgan fingerprint density at radius 3 is 2.44 bits per heavy atom. The number of nitrogens with zero attached hydrogens (tertiary/aromatic N) is 3. The monoisotopic (exact) mass is 447 g/mol. The Balaban J connectivity index is 1.70. The summed E-state index contributed by atoms with van der Waals surface area (Å²) in [6.07, 6.45) is 0.